The highest BCUT2D eigenvalue weighted by molar-refractivity contribution is 7.73. The molecular formula is C9H11NO4S2. The van der Waals surface area contributed by atoms with Gasteiger partial charge in [0.25, 0.3) is 0 Å². The lowest BCUT2D eigenvalue weighted by Crippen LogP contribution is -2.21. The number of carbonyl (C=O) groups is 2. The van der Waals surface area contributed by atoms with Crippen LogP contribution in [0.15, 0.2) is 5.38 Å². The quantitative estimate of drug-likeness (QED) is 0.664. The molecule has 0 spiro atoms. The summed E-state index contributed by atoms with van der Waals surface area (Å²) in [5.74, 6) is -1.59. The molecule has 0 amide bonds. The van der Waals surface area contributed by atoms with E-state index in [1.54, 1.807) is 6.92 Å². The molecule has 16 heavy (non-hydrogen) atoms. The van der Waals surface area contributed by atoms with Gasteiger partial charge in [0, 0.05) is 5.38 Å². The number of carboxylic acid groups (broad SMARTS) is 1. The first-order valence-electron chi connectivity index (χ1n) is 4.59. The number of carboxylic acids is 1. The topological polar surface area (TPSA) is 68.5 Å². The van der Waals surface area contributed by atoms with Crippen LogP contribution in [0, 0.1) is 3.95 Å². The number of rotatable bonds is 4. The highest BCUT2D eigenvalue weighted by Gasteiger charge is 2.22. The zero-order valence-corrected chi connectivity index (χ0v) is 10.4. The van der Waals surface area contributed by atoms with Gasteiger partial charge in [0.1, 0.15) is 11.7 Å². The number of nitrogens with zero attached hydrogens (tertiary/aromatic N) is 1. The van der Waals surface area contributed by atoms with E-state index in [1.807, 2.05) is 0 Å². The molecule has 1 aromatic rings. The van der Waals surface area contributed by atoms with Gasteiger partial charge < -0.3 is 14.4 Å². The highest BCUT2D eigenvalue weighted by atomic mass is 32.1. The summed E-state index contributed by atoms with van der Waals surface area (Å²) < 4.78 is 6.46. The van der Waals surface area contributed by atoms with Gasteiger partial charge in [-0.05, 0) is 26.1 Å². The molecule has 7 heteroatoms. The molecule has 1 unspecified atom stereocenters. The zero-order valence-electron chi connectivity index (χ0n) is 8.80. The highest BCUT2D eigenvalue weighted by Crippen LogP contribution is 2.18. The van der Waals surface area contributed by atoms with Crippen molar-refractivity contribution in [1.82, 2.24) is 4.57 Å². The van der Waals surface area contributed by atoms with Crippen LogP contribution in [0.25, 0.3) is 0 Å². The first-order valence-corrected chi connectivity index (χ1v) is 5.87. The third-order valence-electron chi connectivity index (χ3n) is 1.96. The molecule has 0 saturated heterocycles. The summed E-state index contributed by atoms with van der Waals surface area (Å²) in [7, 11) is 0. The molecule has 1 heterocycles. The van der Waals surface area contributed by atoms with Gasteiger partial charge in [-0.1, -0.05) is 0 Å². The van der Waals surface area contributed by atoms with E-state index in [0.717, 1.165) is 11.3 Å². The molecule has 5 nitrogen and oxygen atoms in total. The number of esters is 1. The molecule has 1 aromatic heterocycles. The Labute approximate surface area is 101 Å². The Morgan fingerprint density at radius 1 is 1.69 bits per heavy atom. The average molecular weight is 261 g/mol. The van der Waals surface area contributed by atoms with Crippen molar-refractivity contribution in [3.05, 3.63) is 15.0 Å². The molecule has 0 aliphatic heterocycles. The Morgan fingerprint density at radius 3 is 2.81 bits per heavy atom. The zero-order chi connectivity index (χ0) is 12.3. The van der Waals surface area contributed by atoms with E-state index >= 15 is 0 Å². The van der Waals surface area contributed by atoms with Gasteiger partial charge in [0.15, 0.2) is 3.95 Å². The van der Waals surface area contributed by atoms with Crippen LogP contribution in [0.2, 0.25) is 0 Å². The van der Waals surface area contributed by atoms with E-state index in [1.165, 1.54) is 16.9 Å². The number of aliphatic carboxylic acids is 1. The van der Waals surface area contributed by atoms with Crippen LogP contribution < -0.4 is 0 Å². The molecule has 0 fully saturated rings. The first kappa shape index (κ1) is 12.9. The average Bonchev–Trinajstić information content (AvgIpc) is 2.59. The normalized spacial score (nSPS) is 12.1. The lowest BCUT2D eigenvalue weighted by molar-refractivity contribution is -0.140. The second-order valence-corrected chi connectivity index (χ2v) is 4.49. The Bertz CT molecular complexity index is 462. The lowest BCUT2D eigenvalue weighted by Gasteiger charge is -2.11. The fraction of sp³-hybridized carbons (Fsp3) is 0.444. The molecule has 0 radical (unpaired) electrons. The van der Waals surface area contributed by atoms with Gasteiger partial charge >= 0.3 is 11.9 Å². The van der Waals surface area contributed by atoms with Crippen LogP contribution in [-0.2, 0) is 9.53 Å². The monoisotopic (exact) mass is 261 g/mol. The van der Waals surface area contributed by atoms with Gasteiger partial charge in [-0.2, -0.15) is 0 Å². The number of ether oxygens (including phenoxy) is 1. The number of hydrogen-bond donors (Lipinski definition) is 1. The fourth-order valence-corrected chi connectivity index (χ4v) is 2.34. The van der Waals surface area contributed by atoms with Crippen molar-refractivity contribution >= 4 is 35.5 Å². The van der Waals surface area contributed by atoms with Crippen molar-refractivity contribution in [1.29, 1.82) is 0 Å². The molecule has 0 aromatic carbocycles. The predicted octanol–water partition coefficient (Wildman–Crippen LogP) is 2.10. The largest absolute Gasteiger partial charge is 0.480 e. The van der Waals surface area contributed by atoms with Crippen molar-refractivity contribution in [2.75, 3.05) is 6.61 Å². The van der Waals surface area contributed by atoms with Gasteiger partial charge in [-0.15, -0.1) is 11.3 Å². The summed E-state index contributed by atoms with van der Waals surface area (Å²) in [5, 5.41) is 10.4. The molecule has 0 bridgehead atoms. The smallest absolute Gasteiger partial charge is 0.355 e. The van der Waals surface area contributed by atoms with E-state index in [4.69, 9.17) is 22.1 Å². The minimum atomic E-state index is -1.04. The maximum atomic E-state index is 11.5. The van der Waals surface area contributed by atoms with Crippen LogP contribution >= 0.6 is 23.6 Å². The lowest BCUT2D eigenvalue weighted by atomic mass is 10.3. The van der Waals surface area contributed by atoms with E-state index in [0.29, 0.717) is 3.95 Å². The predicted molar refractivity (Wildman–Crippen MR) is 61.4 cm³/mol. The van der Waals surface area contributed by atoms with Crippen molar-refractivity contribution in [2.24, 2.45) is 0 Å². The summed E-state index contributed by atoms with van der Waals surface area (Å²) >= 11 is 6.13. The minimum Gasteiger partial charge on any atom is -0.480 e. The molecule has 1 rings (SSSR count). The summed E-state index contributed by atoms with van der Waals surface area (Å²) in [6, 6.07) is -0.877. The number of hydrogen-bond acceptors (Lipinski definition) is 5. The van der Waals surface area contributed by atoms with Crippen LogP contribution in [0.5, 0.6) is 0 Å². The van der Waals surface area contributed by atoms with E-state index < -0.39 is 18.0 Å². The Kier molecular flexibility index (Phi) is 4.19. The van der Waals surface area contributed by atoms with Crippen LogP contribution in [-0.4, -0.2) is 28.2 Å². The van der Waals surface area contributed by atoms with Crippen molar-refractivity contribution in [3.8, 4) is 0 Å². The second-order valence-electron chi connectivity index (χ2n) is 2.99. The van der Waals surface area contributed by atoms with Crippen LogP contribution in [0.1, 0.15) is 30.4 Å². The van der Waals surface area contributed by atoms with Gasteiger partial charge in [0.2, 0.25) is 0 Å². The number of aromatic nitrogens is 1. The fourth-order valence-electron chi connectivity index (χ4n) is 1.15. The summed E-state index contributed by atoms with van der Waals surface area (Å²) in [5.41, 5.74) is 0.187. The number of carbonyl (C=O) groups excluding carboxylic acids is 1. The molecule has 1 N–H and O–H groups in total. The van der Waals surface area contributed by atoms with E-state index in [2.05, 4.69) is 0 Å². The second kappa shape index (κ2) is 5.22. The van der Waals surface area contributed by atoms with Crippen molar-refractivity contribution in [2.45, 2.75) is 19.9 Å². The van der Waals surface area contributed by atoms with Crippen LogP contribution in [0.3, 0.4) is 0 Å². The standard InChI is InChI=1S/C9H11NO4S2/c1-3-14-8(13)6-4-16-9(15)10(6)5(2)7(11)12/h4-5H,3H2,1-2H3,(H,11,12). The van der Waals surface area contributed by atoms with E-state index in [9.17, 15) is 9.59 Å². The van der Waals surface area contributed by atoms with Gasteiger partial charge in [0.05, 0.1) is 6.61 Å². The summed E-state index contributed by atoms with van der Waals surface area (Å²) in [6.07, 6.45) is 0. The first-order chi connectivity index (χ1) is 7.49. The molecule has 0 aliphatic rings. The maximum Gasteiger partial charge on any atom is 0.355 e. The molecule has 0 aliphatic carbocycles. The van der Waals surface area contributed by atoms with Gasteiger partial charge in [-0.25, -0.2) is 9.59 Å². The third-order valence-corrected chi connectivity index (χ3v) is 3.18. The molecule has 1 atom stereocenters. The Morgan fingerprint density at radius 2 is 2.31 bits per heavy atom. The molecule has 88 valence electrons. The molecule has 0 saturated carbocycles. The van der Waals surface area contributed by atoms with Crippen molar-refractivity contribution in [3.63, 3.8) is 0 Å². The van der Waals surface area contributed by atoms with E-state index in [-0.39, 0.29) is 12.3 Å². The van der Waals surface area contributed by atoms with Crippen molar-refractivity contribution < 1.29 is 19.4 Å². The van der Waals surface area contributed by atoms with Crippen LogP contribution in [0.4, 0.5) is 0 Å². The maximum absolute atomic E-state index is 11.5. The molecular weight excluding hydrogens is 250 g/mol. The SMILES string of the molecule is CCOC(=O)c1csc(=S)n1C(C)C(=O)O. The van der Waals surface area contributed by atoms with Gasteiger partial charge in [-0.3, -0.25) is 0 Å². The Balaban J connectivity index is 3.17. The number of thiazole rings is 1. The summed E-state index contributed by atoms with van der Waals surface area (Å²) in [6.45, 7) is 3.39. The Hall–Kier alpha value is -1.21. The minimum absolute atomic E-state index is 0.187. The third kappa shape index (κ3) is 2.48. The summed E-state index contributed by atoms with van der Waals surface area (Å²) in [4.78, 5) is 22.4.